The van der Waals surface area contributed by atoms with Gasteiger partial charge in [0.1, 0.15) is 0 Å². The molecule has 2 aromatic rings. The van der Waals surface area contributed by atoms with Crippen LogP contribution in [0.1, 0.15) is 10.4 Å². The minimum atomic E-state index is -0.0729. The Hall–Kier alpha value is -2.29. The number of hydrogen-bond donors (Lipinski definition) is 2. The molecule has 0 aromatic heterocycles. The van der Waals surface area contributed by atoms with Gasteiger partial charge in [-0.15, -0.1) is 0 Å². The minimum Gasteiger partial charge on any atom is -0.356 e. The molecule has 0 radical (unpaired) electrons. The van der Waals surface area contributed by atoms with Crippen LogP contribution < -0.4 is 10.6 Å². The Morgan fingerprint density at radius 3 is 2.06 bits per heavy atom. The highest BCUT2D eigenvalue weighted by Gasteiger charge is 2.01. The lowest BCUT2D eigenvalue weighted by Gasteiger charge is -2.06. The monoisotopic (exact) mass is 226 g/mol. The molecule has 2 rings (SSSR count). The topological polar surface area (TPSA) is 41.1 Å². The summed E-state index contributed by atoms with van der Waals surface area (Å²) in [5.74, 6) is -0.0729. The molecule has 2 N–H and O–H groups in total. The van der Waals surface area contributed by atoms with E-state index in [1.165, 1.54) is 0 Å². The molecule has 3 nitrogen and oxygen atoms in total. The maximum Gasteiger partial charge on any atom is 0.251 e. The number of hydrogen-bond acceptors (Lipinski definition) is 2. The summed E-state index contributed by atoms with van der Waals surface area (Å²) in [4.78, 5) is 11.4. The molecule has 2 aromatic carbocycles. The zero-order valence-corrected chi connectivity index (χ0v) is 9.60. The van der Waals surface area contributed by atoms with E-state index in [9.17, 15) is 4.79 Å². The standard InChI is InChI=1S/C14H14N2O/c1-15-14(17)11-7-9-13(10-8-11)16-12-5-3-2-4-6-12/h2-10,16H,1H3,(H,15,17). The Kier molecular flexibility index (Phi) is 3.40. The van der Waals surface area contributed by atoms with Gasteiger partial charge >= 0.3 is 0 Å². The highest BCUT2D eigenvalue weighted by atomic mass is 16.1. The molecule has 0 aliphatic rings. The molecule has 0 bridgehead atoms. The Balaban J connectivity index is 2.11. The molecule has 86 valence electrons. The molecule has 0 atom stereocenters. The molecule has 0 fully saturated rings. The summed E-state index contributed by atoms with van der Waals surface area (Å²) in [5, 5.41) is 5.85. The second kappa shape index (κ2) is 5.16. The minimum absolute atomic E-state index is 0.0729. The summed E-state index contributed by atoms with van der Waals surface area (Å²) in [6.45, 7) is 0. The summed E-state index contributed by atoms with van der Waals surface area (Å²) in [7, 11) is 1.62. The van der Waals surface area contributed by atoms with E-state index in [2.05, 4.69) is 10.6 Å². The number of anilines is 2. The van der Waals surface area contributed by atoms with Crippen molar-refractivity contribution in [1.29, 1.82) is 0 Å². The molecule has 0 saturated heterocycles. The van der Waals surface area contributed by atoms with Gasteiger partial charge in [-0.2, -0.15) is 0 Å². The average molecular weight is 226 g/mol. The van der Waals surface area contributed by atoms with Gasteiger partial charge in [0.2, 0.25) is 0 Å². The molecule has 3 heteroatoms. The number of carbonyl (C=O) groups is 1. The van der Waals surface area contributed by atoms with Crippen molar-refractivity contribution < 1.29 is 4.79 Å². The van der Waals surface area contributed by atoms with Gasteiger partial charge in [0, 0.05) is 24.0 Å². The van der Waals surface area contributed by atoms with Crippen LogP contribution in [0.2, 0.25) is 0 Å². The number of carbonyl (C=O) groups excluding carboxylic acids is 1. The van der Waals surface area contributed by atoms with E-state index in [1.54, 1.807) is 19.2 Å². The Bertz CT molecular complexity index is 491. The van der Waals surface area contributed by atoms with Crippen LogP contribution in [-0.2, 0) is 0 Å². The third kappa shape index (κ3) is 2.84. The fourth-order valence-corrected chi connectivity index (χ4v) is 1.54. The maximum absolute atomic E-state index is 11.4. The quantitative estimate of drug-likeness (QED) is 0.845. The Morgan fingerprint density at radius 2 is 1.47 bits per heavy atom. The lowest BCUT2D eigenvalue weighted by atomic mass is 10.2. The Labute approximate surface area is 100 Å². The average Bonchev–Trinajstić information content (AvgIpc) is 2.40. The highest BCUT2D eigenvalue weighted by molar-refractivity contribution is 5.94. The predicted octanol–water partition coefficient (Wildman–Crippen LogP) is 2.79. The first kappa shape index (κ1) is 11.2. The van der Waals surface area contributed by atoms with Gasteiger partial charge in [-0.3, -0.25) is 4.79 Å². The van der Waals surface area contributed by atoms with Gasteiger partial charge in [-0.25, -0.2) is 0 Å². The zero-order valence-electron chi connectivity index (χ0n) is 9.60. The van der Waals surface area contributed by atoms with Crippen LogP contribution in [0.5, 0.6) is 0 Å². The first-order chi connectivity index (χ1) is 8.29. The summed E-state index contributed by atoms with van der Waals surface area (Å²) in [5.41, 5.74) is 2.65. The number of nitrogens with one attached hydrogen (secondary N) is 2. The fraction of sp³-hybridized carbons (Fsp3) is 0.0714. The summed E-state index contributed by atoms with van der Waals surface area (Å²) in [6.07, 6.45) is 0. The number of amides is 1. The van der Waals surface area contributed by atoms with Crippen molar-refractivity contribution in [2.75, 3.05) is 12.4 Å². The zero-order chi connectivity index (χ0) is 12.1. The van der Waals surface area contributed by atoms with Crippen LogP contribution in [0, 0.1) is 0 Å². The van der Waals surface area contributed by atoms with Gasteiger partial charge in [-0.1, -0.05) is 18.2 Å². The SMILES string of the molecule is CNC(=O)c1ccc(Nc2ccccc2)cc1. The molecule has 0 heterocycles. The van der Waals surface area contributed by atoms with E-state index in [-0.39, 0.29) is 5.91 Å². The van der Waals surface area contributed by atoms with Crippen LogP contribution in [0.3, 0.4) is 0 Å². The molecular weight excluding hydrogens is 212 g/mol. The third-order valence-corrected chi connectivity index (χ3v) is 2.44. The van der Waals surface area contributed by atoms with Gasteiger partial charge in [-0.05, 0) is 36.4 Å². The van der Waals surface area contributed by atoms with E-state index < -0.39 is 0 Å². The normalized spacial score (nSPS) is 9.71. The van der Waals surface area contributed by atoms with Crippen LogP contribution in [0.15, 0.2) is 54.6 Å². The molecule has 17 heavy (non-hydrogen) atoms. The lowest BCUT2D eigenvalue weighted by molar-refractivity contribution is 0.0963. The second-order valence-electron chi connectivity index (χ2n) is 3.65. The van der Waals surface area contributed by atoms with Crippen molar-refractivity contribution in [3.8, 4) is 0 Å². The van der Waals surface area contributed by atoms with Crippen molar-refractivity contribution in [2.45, 2.75) is 0 Å². The Morgan fingerprint density at radius 1 is 0.882 bits per heavy atom. The number of rotatable bonds is 3. The summed E-state index contributed by atoms with van der Waals surface area (Å²) < 4.78 is 0. The van der Waals surface area contributed by atoms with E-state index in [4.69, 9.17) is 0 Å². The predicted molar refractivity (Wildman–Crippen MR) is 69.6 cm³/mol. The fourth-order valence-electron chi connectivity index (χ4n) is 1.54. The first-order valence-corrected chi connectivity index (χ1v) is 5.44. The lowest BCUT2D eigenvalue weighted by Crippen LogP contribution is -2.17. The van der Waals surface area contributed by atoms with Crippen LogP contribution in [0.25, 0.3) is 0 Å². The van der Waals surface area contributed by atoms with Crippen LogP contribution in [0.4, 0.5) is 11.4 Å². The van der Waals surface area contributed by atoms with Crippen molar-refractivity contribution >= 4 is 17.3 Å². The largest absolute Gasteiger partial charge is 0.356 e. The molecular formula is C14H14N2O. The van der Waals surface area contributed by atoms with Crippen molar-refractivity contribution in [3.63, 3.8) is 0 Å². The molecule has 0 unspecified atom stereocenters. The van der Waals surface area contributed by atoms with Crippen molar-refractivity contribution in [2.24, 2.45) is 0 Å². The summed E-state index contributed by atoms with van der Waals surface area (Å²) >= 11 is 0. The number of benzene rings is 2. The summed E-state index contributed by atoms with van der Waals surface area (Å²) in [6, 6.07) is 17.3. The van der Waals surface area contributed by atoms with Crippen LogP contribution in [-0.4, -0.2) is 13.0 Å². The van der Waals surface area contributed by atoms with E-state index >= 15 is 0 Å². The van der Waals surface area contributed by atoms with Gasteiger partial charge in [0.15, 0.2) is 0 Å². The smallest absolute Gasteiger partial charge is 0.251 e. The molecule has 0 spiro atoms. The molecule has 0 aliphatic carbocycles. The molecule has 1 amide bonds. The van der Waals surface area contributed by atoms with E-state index in [1.807, 2.05) is 42.5 Å². The molecule has 0 saturated carbocycles. The molecule has 0 aliphatic heterocycles. The van der Waals surface area contributed by atoms with Gasteiger partial charge < -0.3 is 10.6 Å². The first-order valence-electron chi connectivity index (χ1n) is 5.44. The number of para-hydroxylation sites is 1. The highest BCUT2D eigenvalue weighted by Crippen LogP contribution is 2.16. The maximum atomic E-state index is 11.4. The van der Waals surface area contributed by atoms with Gasteiger partial charge in [0.25, 0.3) is 5.91 Å². The van der Waals surface area contributed by atoms with Crippen molar-refractivity contribution in [1.82, 2.24) is 5.32 Å². The third-order valence-electron chi connectivity index (χ3n) is 2.44. The van der Waals surface area contributed by atoms with E-state index in [0.29, 0.717) is 5.56 Å². The van der Waals surface area contributed by atoms with E-state index in [0.717, 1.165) is 11.4 Å². The van der Waals surface area contributed by atoms with Crippen molar-refractivity contribution in [3.05, 3.63) is 60.2 Å². The van der Waals surface area contributed by atoms with Gasteiger partial charge in [0.05, 0.1) is 0 Å². The van der Waals surface area contributed by atoms with Crippen LogP contribution >= 0.6 is 0 Å². The second-order valence-corrected chi connectivity index (χ2v) is 3.65.